The Hall–Kier alpha value is -7.04. The van der Waals surface area contributed by atoms with Crippen LogP contribution in [0.1, 0.15) is 86.7 Å². The summed E-state index contributed by atoms with van der Waals surface area (Å²) in [6.45, 7) is 13.2. The van der Waals surface area contributed by atoms with Gasteiger partial charge >= 0.3 is 0 Å². The van der Waals surface area contributed by atoms with Gasteiger partial charge in [0.05, 0.1) is 22.3 Å². The highest BCUT2D eigenvalue weighted by atomic mass is 16.3. The van der Waals surface area contributed by atoms with Crippen LogP contribution in [0.25, 0.3) is 83.9 Å². The Bertz CT molecular complexity index is 3210. The average molecular weight is 825 g/mol. The minimum absolute atomic E-state index is 0.0910. The summed E-state index contributed by atoms with van der Waals surface area (Å²) >= 11 is 0. The first kappa shape index (κ1) is 37.7. The van der Waals surface area contributed by atoms with Gasteiger partial charge in [-0.15, -0.1) is 0 Å². The Morgan fingerprint density at radius 2 is 1.24 bits per heavy atom. The van der Waals surface area contributed by atoms with Crippen molar-refractivity contribution in [2.75, 3.05) is 0 Å². The molecule has 312 valence electrons. The molecule has 0 atom stereocenters. The molecule has 0 saturated heterocycles. The lowest BCUT2D eigenvalue weighted by atomic mass is 9.81. The third-order valence-electron chi connectivity index (χ3n) is 12.2. The molecule has 4 heteroatoms. The van der Waals surface area contributed by atoms with E-state index >= 15 is 0 Å². The number of aromatic nitrogens is 3. The molecular weight excluding hydrogens is 767 g/mol. The molecular formula is C59H55N3O. The number of para-hydroxylation sites is 1. The maximum atomic E-state index is 12.3. The molecule has 9 aromatic rings. The number of hydrogen-bond donors (Lipinski definition) is 1. The summed E-state index contributed by atoms with van der Waals surface area (Å²) in [5, 5.41) is 12.3. The van der Waals surface area contributed by atoms with Crippen molar-refractivity contribution in [1.82, 2.24) is 14.5 Å². The number of hydrogen-bond acceptors (Lipinski definition) is 3. The average Bonchev–Trinajstić information content (AvgIpc) is 3.71. The van der Waals surface area contributed by atoms with Gasteiger partial charge in [-0.05, 0) is 134 Å². The fraction of sp³-hybridized carbons (Fsp3) is 0.186. The molecule has 7 aromatic carbocycles. The van der Waals surface area contributed by atoms with Crippen molar-refractivity contribution in [3.05, 3.63) is 192 Å². The largest absolute Gasteiger partial charge is 0.507 e. The predicted octanol–water partition coefficient (Wildman–Crippen LogP) is 16.0. The van der Waals surface area contributed by atoms with Crippen molar-refractivity contribution in [3.8, 4) is 78.6 Å². The fourth-order valence-electron chi connectivity index (χ4n) is 8.72. The predicted molar refractivity (Wildman–Crippen MR) is 265 cm³/mol. The van der Waals surface area contributed by atoms with Crippen molar-refractivity contribution < 1.29 is 9.22 Å². The van der Waals surface area contributed by atoms with Crippen LogP contribution in [0.2, 0.25) is 0 Å². The van der Waals surface area contributed by atoms with E-state index in [-0.39, 0.29) is 23.0 Å². The summed E-state index contributed by atoms with van der Waals surface area (Å²) in [5.74, 6) is 1.24. The zero-order valence-electron chi connectivity index (χ0n) is 40.1. The molecule has 0 aliphatic rings. The number of rotatable bonds is 9. The Kier molecular flexibility index (Phi) is 9.98. The van der Waals surface area contributed by atoms with Gasteiger partial charge in [0.2, 0.25) is 0 Å². The van der Waals surface area contributed by atoms with Gasteiger partial charge in [-0.1, -0.05) is 163 Å². The Balaban J connectivity index is 1.30. The van der Waals surface area contributed by atoms with Crippen molar-refractivity contribution in [2.24, 2.45) is 0 Å². The van der Waals surface area contributed by atoms with E-state index in [2.05, 4.69) is 180 Å². The molecule has 4 nitrogen and oxygen atoms in total. The maximum absolute atomic E-state index is 12.3. The summed E-state index contributed by atoms with van der Waals surface area (Å²) in [5.41, 5.74) is 16.7. The van der Waals surface area contributed by atoms with E-state index in [9.17, 15) is 5.11 Å². The van der Waals surface area contributed by atoms with Gasteiger partial charge < -0.3 is 5.11 Å². The van der Waals surface area contributed by atoms with Crippen molar-refractivity contribution in [1.29, 1.82) is 0 Å². The topological polar surface area (TPSA) is 50.9 Å². The minimum Gasteiger partial charge on any atom is -0.507 e. The number of aryl methyl sites for hydroxylation is 1. The third-order valence-corrected chi connectivity index (χ3v) is 12.2. The number of pyridine rings is 1. The minimum atomic E-state index is -2.17. The number of aromatic hydroxyl groups is 1. The van der Waals surface area contributed by atoms with Crippen molar-refractivity contribution >= 4 is 11.0 Å². The van der Waals surface area contributed by atoms with Crippen molar-refractivity contribution in [2.45, 2.75) is 72.6 Å². The van der Waals surface area contributed by atoms with Crippen molar-refractivity contribution in [3.63, 3.8) is 0 Å². The second-order valence-electron chi connectivity index (χ2n) is 18.3. The first-order chi connectivity index (χ1) is 31.5. The molecule has 2 heterocycles. The highest BCUT2D eigenvalue weighted by Gasteiger charge is 2.26. The normalized spacial score (nSPS) is 12.7. The van der Waals surface area contributed by atoms with Gasteiger partial charge in [0.15, 0.2) is 0 Å². The van der Waals surface area contributed by atoms with E-state index in [0.29, 0.717) is 17.0 Å². The molecule has 1 N–H and O–H groups in total. The second kappa shape index (κ2) is 16.7. The molecule has 0 aliphatic heterocycles. The third kappa shape index (κ3) is 8.10. The van der Waals surface area contributed by atoms with Crippen LogP contribution >= 0.6 is 0 Å². The SMILES string of the molecule is [2H]C([2H])([2H])c1ccc(-c2ccnc(-c3cc(-c4ccccc4)cc(-c4cccc5c4nc(-c4cc(C(C)C)cc(C(C)C)c4O)n5-c4ccc(-c5ccccc5)c(C(C)(C)C)c4)c3)c2)cc1. The quantitative estimate of drug-likeness (QED) is 0.158. The van der Waals surface area contributed by atoms with E-state index in [4.69, 9.17) is 14.1 Å². The van der Waals surface area contributed by atoms with Crippen LogP contribution in [-0.2, 0) is 5.41 Å². The van der Waals surface area contributed by atoms with Gasteiger partial charge in [0.25, 0.3) is 0 Å². The van der Waals surface area contributed by atoms with Gasteiger partial charge in [-0.3, -0.25) is 9.55 Å². The smallest absolute Gasteiger partial charge is 0.149 e. The first-order valence-corrected chi connectivity index (χ1v) is 21.9. The summed E-state index contributed by atoms with van der Waals surface area (Å²) in [6.07, 6.45) is 1.81. The summed E-state index contributed by atoms with van der Waals surface area (Å²) in [4.78, 5) is 10.5. The summed E-state index contributed by atoms with van der Waals surface area (Å²) < 4.78 is 25.8. The second-order valence-corrected chi connectivity index (χ2v) is 18.3. The molecule has 63 heavy (non-hydrogen) atoms. The lowest BCUT2D eigenvalue weighted by molar-refractivity contribution is 0.466. The molecule has 0 saturated carbocycles. The number of phenols is 1. The monoisotopic (exact) mass is 824 g/mol. The lowest BCUT2D eigenvalue weighted by Crippen LogP contribution is -2.14. The molecule has 0 bridgehead atoms. The Labute approximate surface area is 376 Å². The fourth-order valence-corrected chi connectivity index (χ4v) is 8.72. The first-order valence-electron chi connectivity index (χ1n) is 23.4. The number of benzene rings is 7. The van der Waals surface area contributed by atoms with E-state index in [0.717, 1.165) is 78.0 Å². The molecule has 9 rings (SSSR count). The van der Waals surface area contributed by atoms with E-state index in [1.165, 1.54) is 11.1 Å². The molecule has 0 fully saturated rings. The standard InChI is InChI=1S/C59H55N3O/c1-37(2)44-33-51(38(3)4)57(63)52(34-44)58-61-56-50(20-15-21-55(56)62(58)48-26-27-49(42-18-13-10-14-19-42)53(36-48)59(6,7)8)46-30-45(40-16-11-9-12-17-40)31-47(32-46)54-35-43(28-29-60-54)41-24-22-39(5)23-25-41/h9-38,63H,1-8H3/i5D3. The van der Waals surface area contributed by atoms with Crippen LogP contribution in [0.4, 0.5) is 0 Å². The van der Waals surface area contributed by atoms with E-state index < -0.39 is 6.85 Å². The molecule has 0 aliphatic carbocycles. The Morgan fingerprint density at radius 1 is 0.556 bits per heavy atom. The highest BCUT2D eigenvalue weighted by Crippen LogP contribution is 2.44. The number of nitrogens with zero attached hydrogens (tertiary/aromatic N) is 3. The van der Waals surface area contributed by atoms with Crippen LogP contribution in [-0.4, -0.2) is 19.6 Å². The number of phenolic OH excluding ortho intramolecular Hbond substituents is 1. The van der Waals surface area contributed by atoms with Gasteiger partial charge in [0.1, 0.15) is 11.6 Å². The number of fused-ring (bicyclic) bond motifs is 1. The highest BCUT2D eigenvalue weighted by molar-refractivity contribution is 5.98. The zero-order valence-corrected chi connectivity index (χ0v) is 37.1. The molecule has 0 amide bonds. The van der Waals surface area contributed by atoms with E-state index in [1.807, 2.05) is 30.5 Å². The summed E-state index contributed by atoms with van der Waals surface area (Å²) in [7, 11) is 0. The van der Waals surface area contributed by atoms with Crippen LogP contribution < -0.4 is 0 Å². The Morgan fingerprint density at radius 3 is 1.92 bits per heavy atom. The van der Waals surface area contributed by atoms with Crippen LogP contribution in [0.5, 0.6) is 5.75 Å². The van der Waals surface area contributed by atoms with Gasteiger partial charge in [-0.2, -0.15) is 0 Å². The molecule has 0 radical (unpaired) electrons. The summed E-state index contributed by atoms with van der Waals surface area (Å²) in [6, 6.07) is 56.0. The molecule has 0 spiro atoms. The van der Waals surface area contributed by atoms with Crippen LogP contribution in [0, 0.1) is 6.85 Å². The van der Waals surface area contributed by atoms with Gasteiger partial charge in [-0.25, -0.2) is 4.98 Å². The zero-order chi connectivity index (χ0) is 46.5. The van der Waals surface area contributed by atoms with Crippen LogP contribution in [0.15, 0.2) is 170 Å². The maximum Gasteiger partial charge on any atom is 0.149 e. The number of imidazole rings is 1. The molecule has 2 aromatic heterocycles. The van der Waals surface area contributed by atoms with E-state index in [1.54, 1.807) is 12.1 Å². The molecule has 0 unspecified atom stereocenters. The van der Waals surface area contributed by atoms with Crippen LogP contribution in [0.3, 0.4) is 0 Å². The van der Waals surface area contributed by atoms with Gasteiger partial charge in [0, 0.05) is 27.1 Å². The lowest BCUT2D eigenvalue weighted by Gasteiger charge is -2.25.